The fourth-order valence-corrected chi connectivity index (χ4v) is 1.24. The third-order valence-electron chi connectivity index (χ3n) is 2.02. The molecular formula is C10H17NO3. The van der Waals surface area contributed by atoms with Gasteiger partial charge in [0.05, 0.1) is 13.2 Å². The van der Waals surface area contributed by atoms with Crippen LogP contribution in [-0.4, -0.2) is 50.3 Å². The predicted molar refractivity (Wildman–Crippen MR) is 53.0 cm³/mol. The Morgan fingerprint density at radius 2 is 2.14 bits per heavy atom. The summed E-state index contributed by atoms with van der Waals surface area (Å²) >= 11 is 0. The van der Waals surface area contributed by atoms with Crippen molar-refractivity contribution < 1.29 is 14.3 Å². The van der Waals surface area contributed by atoms with E-state index in [0.29, 0.717) is 6.61 Å². The average molecular weight is 199 g/mol. The van der Waals surface area contributed by atoms with Crippen LogP contribution >= 0.6 is 0 Å². The lowest BCUT2D eigenvalue weighted by atomic mass is 10.4. The van der Waals surface area contributed by atoms with E-state index in [1.165, 1.54) is 6.92 Å². The quantitative estimate of drug-likeness (QED) is 0.486. The van der Waals surface area contributed by atoms with Crippen molar-refractivity contribution in [1.29, 1.82) is 0 Å². The normalized spacial score (nSPS) is 18.6. The summed E-state index contributed by atoms with van der Waals surface area (Å²) in [6.45, 7) is 6.30. The van der Waals surface area contributed by atoms with Gasteiger partial charge in [-0.2, -0.15) is 0 Å². The third kappa shape index (κ3) is 4.99. The van der Waals surface area contributed by atoms with Crippen LogP contribution in [0.25, 0.3) is 0 Å². The molecule has 1 rings (SSSR count). The maximum Gasteiger partial charge on any atom is 0.302 e. The molecule has 4 heteroatoms. The molecule has 0 atom stereocenters. The molecule has 0 spiro atoms. The Hall–Kier alpha value is -0.870. The molecule has 1 saturated heterocycles. The molecule has 0 aromatic heterocycles. The Bertz CT molecular complexity index is 198. The number of carbonyl (C=O) groups is 1. The van der Waals surface area contributed by atoms with Gasteiger partial charge < -0.3 is 9.47 Å². The number of hydrogen-bond donors (Lipinski definition) is 0. The minimum Gasteiger partial charge on any atom is -0.462 e. The Labute approximate surface area is 84.5 Å². The van der Waals surface area contributed by atoms with Crippen LogP contribution in [0.3, 0.4) is 0 Å². The van der Waals surface area contributed by atoms with Gasteiger partial charge in [0.15, 0.2) is 0 Å². The lowest BCUT2D eigenvalue weighted by Crippen LogP contribution is -2.36. The minimum atomic E-state index is -0.235. The van der Waals surface area contributed by atoms with Crippen LogP contribution in [0, 0.1) is 0 Å². The second-order valence-corrected chi connectivity index (χ2v) is 3.19. The molecule has 0 unspecified atom stereocenters. The molecule has 0 saturated carbocycles. The lowest BCUT2D eigenvalue weighted by Gasteiger charge is -2.25. The molecule has 1 aliphatic heterocycles. The highest BCUT2D eigenvalue weighted by atomic mass is 16.5. The van der Waals surface area contributed by atoms with E-state index in [1.54, 1.807) is 0 Å². The number of esters is 1. The molecule has 4 nitrogen and oxygen atoms in total. The van der Waals surface area contributed by atoms with Crippen molar-refractivity contribution in [3.8, 4) is 0 Å². The van der Waals surface area contributed by atoms with Crippen molar-refractivity contribution in [2.75, 3.05) is 39.5 Å². The summed E-state index contributed by atoms with van der Waals surface area (Å²) in [5.74, 6) is -0.235. The number of nitrogens with zero attached hydrogens (tertiary/aromatic N) is 1. The van der Waals surface area contributed by atoms with Crippen molar-refractivity contribution in [2.24, 2.45) is 0 Å². The van der Waals surface area contributed by atoms with Gasteiger partial charge in [-0.05, 0) is 6.08 Å². The van der Waals surface area contributed by atoms with Crippen LogP contribution in [-0.2, 0) is 14.3 Å². The van der Waals surface area contributed by atoms with Crippen molar-refractivity contribution in [3.63, 3.8) is 0 Å². The summed E-state index contributed by atoms with van der Waals surface area (Å²) in [7, 11) is 0. The molecule has 0 radical (unpaired) electrons. The summed E-state index contributed by atoms with van der Waals surface area (Å²) in [6.07, 6.45) is 3.89. The molecule has 0 N–H and O–H groups in total. The predicted octanol–water partition coefficient (Wildman–Crippen LogP) is 0.438. The van der Waals surface area contributed by atoms with Gasteiger partial charge >= 0.3 is 5.97 Å². The maximum absolute atomic E-state index is 10.4. The average Bonchev–Trinajstić information content (AvgIpc) is 2.18. The Morgan fingerprint density at radius 1 is 1.43 bits per heavy atom. The molecule has 0 aliphatic carbocycles. The first-order valence-corrected chi connectivity index (χ1v) is 4.87. The highest BCUT2D eigenvalue weighted by Crippen LogP contribution is 1.96. The maximum atomic E-state index is 10.4. The monoisotopic (exact) mass is 199 g/mol. The lowest BCUT2D eigenvalue weighted by molar-refractivity contribution is -0.139. The standard InChI is InChI=1S/C10H17NO3/c1-10(12)14-7-3-2-4-11-5-8-13-9-6-11/h2-3H,4-9H2,1H3/b3-2-. The first-order chi connectivity index (χ1) is 6.79. The number of hydrogen-bond acceptors (Lipinski definition) is 4. The van der Waals surface area contributed by atoms with E-state index in [-0.39, 0.29) is 5.97 Å². The van der Waals surface area contributed by atoms with E-state index in [9.17, 15) is 4.79 Å². The Kier molecular flexibility index (Phi) is 5.25. The number of rotatable bonds is 4. The van der Waals surface area contributed by atoms with Gasteiger partial charge in [0.1, 0.15) is 6.61 Å². The fourth-order valence-electron chi connectivity index (χ4n) is 1.24. The van der Waals surface area contributed by atoms with Gasteiger partial charge in [0.25, 0.3) is 0 Å². The molecule has 0 amide bonds. The molecule has 14 heavy (non-hydrogen) atoms. The van der Waals surface area contributed by atoms with Crippen LogP contribution in [0.5, 0.6) is 0 Å². The largest absolute Gasteiger partial charge is 0.462 e. The van der Waals surface area contributed by atoms with Crippen LogP contribution in [0.15, 0.2) is 12.2 Å². The summed E-state index contributed by atoms with van der Waals surface area (Å²) < 4.78 is 9.99. The van der Waals surface area contributed by atoms with Gasteiger partial charge in [-0.3, -0.25) is 9.69 Å². The van der Waals surface area contributed by atoms with Crippen molar-refractivity contribution in [1.82, 2.24) is 4.90 Å². The van der Waals surface area contributed by atoms with Gasteiger partial charge in [-0.1, -0.05) is 6.08 Å². The van der Waals surface area contributed by atoms with E-state index < -0.39 is 0 Å². The zero-order valence-electron chi connectivity index (χ0n) is 8.57. The molecule has 1 fully saturated rings. The SMILES string of the molecule is CC(=O)OC/C=C\CN1CCOCC1. The summed E-state index contributed by atoms with van der Waals surface area (Å²) in [5, 5.41) is 0. The number of ether oxygens (including phenoxy) is 2. The first kappa shape index (κ1) is 11.2. The summed E-state index contributed by atoms with van der Waals surface area (Å²) in [5.41, 5.74) is 0. The molecule has 0 bridgehead atoms. The van der Waals surface area contributed by atoms with E-state index >= 15 is 0 Å². The molecular weight excluding hydrogens is 182 g/mol. The highest BCUT2D eigenvalue weighted by Gasteiger charge is 2.07. The van der Waals surface area contributed by atoms with Gasteiger partial charge in [-0.25, -0.2) is 0 Å². The first-order valence-electron chi connectivity index (χ1n) is 4.87. The van der Waals surface area contributed by atoms with E-state index in [2.05, 4.69) is 4.90 Å². The fraction of sp³-hybridized carbons (Fsp3) is 0.700. The molecule has 80 valence electrons. The second-order valence-electron chi connectivity index (χ2n) is 3.19. The van der Waals surface area contributed by atoms with Crippen molar-refractivity contribution in [3.05, 3.63) is 12.2 Å². The molecule has 0 aromatic rings. The van der Waals surface area contributed by atoms with E-state index in [0.717, 1.165) is 32.8 Å². The van der Waals surface area contributed by atoms with Crippen LogP contribution in [0.4, 0.5) is 0 Å². The van der Waals surface area contributed by atoms with Crippen LogP contribution < -0.4 is 0 Å². The topological polar surface area (TPSA) is 38.8 Å². The summed E-state index contributed by atoms with van der Waals surface area (Å²) in [6, 6.07) is 0. The molecule has 1 aliphatic rings. The van der Waals surface area contributed by atoms with Crippen molar-refractivity contribution >= 4 is 5.97 Å². The second kappa shape index (κ2) is 6.56. The Balaban J connectivity index is 2.03. The number of carbonyl (C=O) groups excluding carboxylic acids is 1. The zero-order chi connectivity index (χ0) is 10.2. The molecule has 1 heterocycles. The third-order valence-corrected chi connectivity index (χ3v) is 2.02. The van der Waals surface area contributed by atoms with Crippen LogP contribution in [0.1, 0.15) is 6.92 Å². The van der Waals surface area contributed by atoms with Gasteiger partial charge in [0, 0.05) is 26.6 Å². The zero-order valence-corrected chi connectivity index (χ0v) is 8.57. The van der Waals surface area contributed by atoms with E-state index in [4.69, 9.17) is 9.47 Å². The van der Waals surface area contributed by atoms with Crippen molar-refractivity contribution in [2.45, 2.75) is 6.92 Å². The minimum absolute atomic E-state index is 0.235. The number of morpholine rings is 1. The van der Waals surface area contributed by atoms with E-state index in [1.807, 2.05) is 12.2 Å². The molecule has 0 aromatic carbocycles. The smallest absolute Gasteiger partial charge is 0.302 e. The van der Waals surface area contributed by atoms with Crippen LogP contribution in [0.2, 0.25) is 0 Å². The highest BCUT2D eigenvalue weighted by molar-refractivity contribution is 5.65. The van der Waals surface area contributed by atoms with Gasteiger partial charge in [0.2, 0.25) is 0 Å². The Morgan fingerprint density at radius 3 is 2.79 bits per heavy atom. The van der Waals surface area contributed by atoms with Gasteiger partial charge in [-0.15, -0.1) is 0 Å². The summed E-state index contributed by atoms with van der Waals surface area (Å²) in [4.78, 5) is 12.7.